The highest BCUT2D eigenvalue weighted by Gasteiger charge is 2.54. The molecule has 0 aromatic rings. The van der Waals surface area contributed by atoms with Crippen LogP contribution in [0.25, 0.3) is 0 Å². The van der Waals surface area contributed by atoms with Crippen LogP contribution >= 0.6 is 0 Å². The monoisotopic (exact) mass is 508 g/mol. The lowest BCUT2D eigenvalue weighted by atomic mass is 9.55. The molecule has 6 atom stereocenters. The standard InChI is InChI=1S/C23H40O8S2/c1-15(2)22(14-31-33(6,26)27)19-10-16(3)9-18-20(17(4)13-30-32(5,24)25)11-23(12-21(18)19)28-7-8-29-23/h9,15,17-22H,7-8,10-14H2,1-6H3/t17-,18-,19-,20+,21+,22+/m1/s1. The van der Waals surface area contributed by atoms with Gasteiger partial charge in [0.2, 0.25) is 0 Å². The first-order chi connectivity index (χ1) is 15.2. The molecular weight excluding hydrogens is 468 g/mol. The molecule has 1 saturated carbocycles. The summed E-state index contributed by atoms with van der Waals surface area (Å²) in [6, 6.07) is 0. The highest BCUT2D eigenvalue weighted by molar-refractivity contribution is 7.86. The molecule has 0 N–H and O–H groups in total. The second-order valence-corrected chi connectivity index (χ2v) is 14.0. The number of rotatable bonds is 9. The minimum absolute atomic E-state index is 0.0234. The van der Waals surface area contributed by atoms with Crippen LogP contribution < -0.4 is 0 Å². The first kappa shape index (κ1) is 27.1. The summed E-state index contributed by atoms with van der Waals surface area (Å²) in [4.78, 5) is 0. The maximum Gasteiger partial charge on any atom is 0.264 e. The molecule has 1 aliphatic heterocycles. The van der Waals surface area contributed by atoms with Gasteiger partial charge in [0.25, 0.3) is 20.2 Å². The maximum absolute atomic E-state index is 11.7. The highest BCUT2D eigenvalue weighted by Crippen LogP contribution is 2.55. The van der Waals surface area contributed by atoms with Crippen LogP contribution in [0.1, 0.15) is 47.0 Å². The van der Waals surface area contributed by atoms with Gasteiger partial charge in [-0.2, -0.15) is 16.8 Å². The Bertz CT molecular complexity index is 918. The molecule has 3 aliphatic rings. The van der Waals surface area contributed by atoms with E-state index in [-0.39, 0.29) is 54.6 Å². The van der Waals surface area contributed by atoms with Gasteiger partial charge < -0.3 is 9.47 Å². The van der Waals surface area contributed by atoms with Gasteiger partial charge in [-0.3, -0.25) is 8.37 Å². The van der Waals surface area contributed by atoms with Crippen LogP contribution in [0.3, 0.4) is 0 Å². The lowest BCUT2D eigenvalue weighted by Gasteiger charge is -2.53. The van der Waals surface area contributed by atoms with Crippen molar-refractivity contribution in [2.45, 2.75) is 52.7 Å². The van der Waals surface area contributed by atoms with Crippen LogP contribution in [0.2, 0.25) is 0 Å². The fraction of sp³-hybridized carbons (Fsp3) is 0.913. The van der Waals surface area contributed by atoms with Gasteiger partial charge >= 0.3 is 0 Å². The minimum atomic E-state index is -3.54. The van der Waals surface area contributed by atoms with E-state index in [2.05, 4.69) is 26.8 Å². The molecule has 33 heavy (non-hydrogen) atoms. The molecule has 0 aromatic carbocycles. The van der Waals surface area contributed by atoms with E-state index >= 15 is 0 Å². The first-order valence-electron chi connectivity index (χ1n) is 11.8. The summed E-state index contributed by atoms with van der Waals surface area (Å²) < 4.78 is 69.5. The van der Waals surface area contributed by atoms with E-state index in [0.29, 0.717) is 19.6 Å². The average molecular weight is 509 g/mol. The van der Waals surface area contributed by atoms with Gasteiger partial charge in [-0.15, -0.1) is 0 Å². The summed E-state index contributed by atoms with van der Waals surface area (Å²) in [6.07, 6.45) is 6.79. The predicted molar refractivity (Wildman–Crippen MR) is 125 cm³/mol. The average Bonchev–Trinajstić information content (AvgIpc) is 3.12. The van der Waals surface area contributed by atoms with Crippen molar-refractivity contribution in [3.8, 4) is 0 Å². The van der Waals surface area contributed by atoms with Crippen LogP contribution in [-0.4, -0.2) is 61.6 Å². The summed E-state index contributed by atoms with van der Waals surface area (Å²) in [5.74, 6) is 0.321. The van der Waals surface area contributed by atoms with Gasteiger partial charge in [0, 0.05) is 12.8 Å². The van der Waals surface area contributed by atoms with Gasteiger partial charge in [-0.05, 0) is 54.8 Å². The summed E-state index contributed by atoms with van der Waals surface area (Å²) in [5, 5.41) is 0. The van der Waals surface area contributed by atoms with E-state index in [4.69, 9.17) is 17.8 Å². The lowest BCUT2D eigenvalue weighted by Crippen LogP contribution is -2.51. The Kier molecular flexibility index (Phi) is 8.39. The Labute approximate surface area is 199 Å². The van der Waals surface area contributed by atoms with Crippen molar-refractivity contribution in [3.05, 3.63) is 11.6 Å². The molecule has 192 valence electrons. The Morgan fingerprint density at radius 3 is 2.09 bits per heavy atom. The van der Waals surface area contributed by atoms with E-state index in [1.807, 2.05) is 6.92 Å². The minimum Gasteiger partial charge on any atom is -0.348 e. The third-order valence-electron chi connectivity index (χ3n) is 7.64. The Balaban J connectivity index is 1.93. The van der Waals surface area contributed by atoms with Crippen molar-refractivity contribution in [1.29, 1.82) is 0 Å². The molecule has 1 heterocycles. The van der Waals surface area contributed by atoms with Crippen molar-refractivity contribution in [2.75, 3.05) is 38.9 Å². The van der Waals surface area contributed by atoms with Gasteiger partial charge in [0.05, 0.1) is 38.9 Å². The molecule has 0 bridgehead atoms. The van der Waals surface area contributed by atoms with Crippen molar-refractivity contribution in [2.24, 2.45) is 41.4 Å². The predicted octanol–water partition coefficient (Wildman–Crippen LogP) is 3.20. The van der Waals surface area contributed by atoms with Crippen LogP contribution in [0.4, 0.5) is 0 Å². The zero-order chi connectivity index (χ0) is 24.6. The summed E-state index contributed by atoms with van der Waals surface area (Å²) >= 11 is 0. The van der Waals surface area contributed by atoms with Crippen molar-refractivity contribution >= 4 is 20.2 Å². The third kappa shape index (κ3) is 7.01. The summed E-state index contributed by atoms with van der Waals surface area (Å²) in [7, 11) is -7.07. The number of hydrogen-bond acceptors (Lipinski definition) is 8. The quantitative estimate of drug-likeness (QED) is 0.345. The topological polar surface area (TPSA) is 105 Å². The molecule has 2 aliphatic carbocycles. The number of ether oxygens (including phenoxy) is 2. The van der Waals surface area contributed by atoms with Gasteiger partial charge in [-0.25, -0.2) is 0 Å². The van der Waals surface area contributed by atoms with E-state index in [1.54, 1.807) is 0 Å². The number of allylic oxidation sites excluding steroid dienone is 2. The molecule has 8 nitrogen and oxygen atoms in total. The molecule has 2 fully saturated rings. The first-order valence-corrected chi connectivity index (χ1v) is 15.5. The van der Waals surface area contributed by atoms with Crippen LogP contribution in [-0.2, 0) is 38.1 Å². The smallest absolute Gasteiger partial charge is 0.264 e. The second kappa shape index (κ2) is 10.2. The Morgan fingerprint density at radius 1 is 0.970 bits per heavy atom. The van der Waals surface area contributed by atoms with Crippen molar-refractivity contribution < 1.29 is 34.7 Å². The normalized spacial score (nSPS) is 31.9. The van der Waals surface area contributed by atoms with Crippen molar-refractivity contribution in [3.63, 3.8) is 0 Å². The zero-order valence-corrected chi connectivity index (χ0v) is 22.3. The van der Waals surface area contributed by atoms with Crippen LogP contribution in [0.15, 0.2) is 11.6 Å². The SMILES string of the molecule is CC1=C[C@@H]2[C@H]([C@H](C)COS(C)(=O)=O)CC3(C[C@@H]2[C@H]([C@@H](COS(C)(=O)=O)C(C)C)C1)OCCO3. The van der Waals surface area contributed by atoms with E-state index < -0.39 is 26.0 Å². The third-order valence-corrected chi connectivity index (χ3v) is 8.77. The fourth-order valence-corrected chi connectivity index (χ4v) is 7.01. The Hall–Kier alpha value is -0.520. The molecule has 1 spiro atoms. The van der Waals surface area contributed by atoms with Crippen LogP contribution in [0.5, 0.6) is 0 Å². The molecule has 3 rings (SSSR count). The molecular formula is C23H40O8S2. The molecule has 0 aromatic heterocycles. The van der Waals surface area contributed by atoms with Crippen molar-refractivity contribution in [1.82, 2.24) is 0 Å². The summed E-state index contributed by atoms with van der Waals surface area (Å²) in [5.41, 5.74) is 1.27. The molecule has 1 saturated heterocycles. The summed E-state index contributed by atoms with van der Waals surface area (Å²) in [6.45, 7) is 9.74. The lowest BCUT2D eigenvalue weighted by molar-refractivity contribution is -0.219. The zero-order valence-electron chi connectivity index (χ0n) is 20.7. The number of hydrogen-bond donors (Lipinski definition) is 0. The number of fused-ring (bicyclic) bond motifs is 1. The second-order valence-electron chi connectivity index (χ2n) is 10.7. The molecule has 0 unspecified atom stereocenters. The van der Waals surface area contributed by atoms with E-state index in [1.165, 1.54) is 5.57 Å². The van der Waals surface area contributed by atoms with E-state index in [0.717, 1.165) is 25.4 Å². The van der Waals surface area contributed by atoms with Gasteiger partial charge in [0.15, 0.2) is 5.79 Å². The fourth-order valence-electron chi connectivity index (χ4n) is 6.14. The van der Waals surface area contributed by atoms with Crippen LogP contribution in [0, 0.1) is 41.4 Å². The Morgan fingerprint density at radius 2 is 1.55 bits per heavy atom. The molecule has 10 heteroatoms. The highest BCUT2D eigenvalue weighted by atomic mass is 32.2. The molecule has 0 radical (unpaired) electrons. The molecule has 0 amide bonds. The maximum atomic E-state index is 11.7. The van der Waals surface area contributed by atoms with E-state index in [9.17, 15) is 16.8 Å². The van der Waals surface area contributed by atoms with Gasteiger partial charge in [0.1, 0.15) is 0 Å². The van der Waals surface area contributed by atoms with Gasteiger partial charge in [-0.1, -0.05) is 32.4 Å². The largest absolute Gasteiger partial charge is 0.348 e.